The highest BCUT2D eigenvalue weighted by Crippen LogP contribution is 2.24. The summed E-state index contributed by atoms with van der Waals surface area (Å²) in [5, 5.41) is 3.35. The third-order valence-corrected chi connectivity index (χ3v) is 4.52. The predicted molar refractivity (Wildman–Crippen MR) is 88.9 cm³/mol. The fourth-order valence-electron chi connectivity index (χ4n) is 3.31. The molecule has 1 fully saturated rings. The van der Waals surface area contributed by atoms with Crippen LogP contribution in [0.25, 0.3) is 0 Å². The minimum absolute atomic E-state index is 0.0109. The number of pyridine rings is 1. The van der Waals surface area contributed by atoms with Crippen molar-refractivity contribution in [2.75, 3.05) is 13.1 Å². The standard InChI is InChI=1S/C18H19N3O3/c22-14-7-10-20-11-15-19-8-4-9-21(15)18(23)16(20)17(14)24-12-13-5-2-1-3-6-13/h1-3,5-7,10,15,19H,4,8-9,11-12H2. The molecular formula is C18H19N3O3. The van der Waals surface area contributed by atoms with E-state index < -0.39 is 0 Å². The zero-order valence-corrected chi connectivity index (χ0v) is 13.3. The van der Waals surface area contributed by atoms with Gasteiger partial charge in [0.25, 0.3) is 5.91 Å². The van der Waals surface area contributed by atoms with Crippen LogP contribution in [0.1, 0.15) is 22.5 Å². The quantitative estimate of drug-likeness (QED) is 0.921. The lowest BCUT2D eigenvalue weighted by atomic mass is 10.1. The molecule has 1 N–H and O–H groups in total. The van der Waals surface area contributed by atoms with Crippen molar-refractivity contribution < 1.29 is 9.53 Å². The third-order valence-electron chi connectivity index (χ3n) is 4.52. The number of amides is 1. The Morgan fingerprint density at radius 2 is 2.00 bits per heavy atom. The Hall–Kier alpha value is -2.60. The number of nitrogens with one attached hydrogen (secondary N) is 1. The zero-order chi connectivity index (χ0) is 16.5. The van der Waals surface area contributed by atoms with Crippen LogP contribution in [0.15, 0.2) is 47.4 Å². The van der Waals surface area contributed by atoms with E-state index in [1.807, 2.05) is 34.9 Å². The highest BCUT2D eigenvalue weighted by atomic mass is 16.5. The molecule has 1 aromatic carbocycles. The lowest BCUT2D eigenvalue weighted by Crippen LogP contribution is -2.59. The fourth-order valence-corrected chi connectivity index (χ4v) is 3.31. The Morgan fingerprint density at radius 3 is 2.83 bits per heavy atom. The molecule has 1 aromatic heterocycles. The number of hydrogen-bond acceptors (Lipinski definition) is 4. The highest BCUT2D eigenvalue weighted by molar-refractivity contribution is 5.96. The molecule has 124 valence electrons. The number of carbonyl (C=O) groups is 1. The van der Waals surface area contributed by atoms with E-state index in [-0.39, 0.29) is 29.9 Å². The summed E-state index contributed by atoms with van der Waals surface area (Å²) in [7, 11) is 0. The molecule has 2 aromatic rings. The lowest BCUT2D eigenvalue weighted by molar-refractivity contribution is 0.0460. The van der Waals surface area contributed by atoms with Crippen molar-refractivity contribution in [3.63, 3.8) is 0 Å². The first kappa shape index (κ1) is 15.0. The SMILES string of the molecule is O=C1c2c(OCc3ccccc3)c(=O)ccn2CC2NCCCN12. The molecular weight excluding hydrogens is 306 g/mol. The first-order valence-corrected chi connectivity index (χ1v) is 8.18. The number of carbonyl (C=O) groups excluding carboxylic acids is 1. The van der Waals surface area contributed by atoms with Crippen LogP contribution >= 0.6 is 0 Å². The van der Waals surface area contributed by atoms with Crippen molar-refractivity contribution in [2.24, 2.45) is 0 Å². The summed E-state index contributed by atoms with van der Waals surface area (Å²) in [5.41, 5.74) is 1.06. The first-order valence-electron chi connectivity index (χ1n) is 8.18. The molecule has 0 aliphatic carbocycles. The molecule has 2 aliphatic heterocycles. The maximum atomic E-state index is 12.9. The lowest BCUT2D eigenvalue weighted by Gasteiger charge is -2.41. The Bertz CT molecular complexity index is 816. The molecule has 0 bridgehead atoms. The molecule has 4 rings (SSSR count). The van der Waals surface area contributed by atoms with E-state index >= 15 is 0 Å². The fraction of sp³-hybridized carbons (Fsp3) is 0.333. The van der Waals surface area contributed by atoms with Crippen molar-refractivity contribution >= 4 is 5.91 Å². The van der Waals surface area contributed by atoms with E-state index in [9.17, 15) is 9.59 Å². The number of aromatic nitrogens is 1. The molecule has 6 nitrogen and oxygen atoms in total. The summed E-state index contributed by atoms with van der Waals surface area (Å²) in [6, 6.07) is 11.1. The molecule has 1 atom stereocenters. The van der Waals surface area contributed by atoms with E-state index in [0.717, 1.165) is 18.5 Å². The zero-order valence-electron chi connectivity index (χ0n) is 13.3. The molecule has 1 amide bonds. The molecule has 0 saturated carbocycles. The van der Waals surface area contributed by atoms with E-state index in [1.165, 1.54) is 6.07 Å². The summed E-state index contributed by atoms with van der Waals surface area (Å²) in [5.74, 6) is 0.00888. The number of rotatable bonds is 3. The number of hydrogen-bond donors (Lipinski definition) is 1. The third kappa shape index (κ3) is 2.59. The van der Waals surface area contributed by atoms with E-state index in [2.05, 4.69) is 5.32 Å². The number of nitrogens with zero attached hydrogens (tertiary/aromatic N) is 2. The number of fused-ring (bicyclic) bond motifs is 2. The average molecular weight is 325 g/mol. The molecule has 3 heterocycles. The summed E-state index contributed by atoms with van der Waals surface area (Å²) < 4.78 is 7.59. The van der Waals surface area contributed by atoms with Crippen molar-refractivity contribution in [2.45, 2.75) is 25.7 Å². The van der Waals surface area contributed by atoms with Crippen LogP contribution in [0.3, 0.4) is 0 Å². The highest BCUT2D eigenvalue weighted by Gasteiger charge is 2.36. The van der Waals surface area contributed by atoms with Crippen LogP contribution in [0.2, 0.25) is 0 Å². The van der Waals surface area contributed by atoms with Crippen LogP contribution in [-0.4, -0.2) is 34.6 Å². The number of ether oxygens (including phenoxy) is 1. The molecule has 1 unspecified atom stereocenters. The summed E-state index contributed by atoms with van der Waals surface area (Å²) in [6.07, 6.45) is 2.58. The van der Waals surface area contributed by atoms with Crippen LogP contribution in [0, 0.1) is 0 Å². The van der Waals surface area contributed by atoms with Gasteiger partial charge in [0.05, 0.1) is 6.54 Å². The van der Waals surface area contributed by atoms with Crippen LogP contribution < -0.4 is 15.5 Å². The molecule has 0 radical (unpaired) electrons. The maximum absolute atomic E-state index is 12.9. The summed E-state index contributed by atoms with van der Waals surface area (Å²) in [4.78, 5) is 27.0. The Balaban J connectivity index is 1.68. The van der Waals surface area contributed by atoms with Gasteiger partial charge in [-0.2, -0.15) is 0 Å². The molecule has 24 heavy (non-hydrogen) atoms. The van der Waals surface area contributed by atoms with Crippen LogP contribution in [-0.2, 0) is 13.2 Å². The second-order valence-electron chi connectivity index (χ2n) is 6.11. The monoisotopic (exact) mass is 325 g/mol. The van der Waals surface area contributed by atoms with Crippen LogP contribution in [0.4, 0.5) is 0 Å². The maximum Gasteiger partial charge on any atom is 0.275 e. The smallest absolute Gasteiger partial charge is 0.275 e. The van der Waals surface area contributed by atoms with Crippen molar-refractivity contribution in [3.8, 4) is 5.75 Å². The molecule has 6 heteroatoms. The van der Waals surface area contributed by atoms with Crippen molar-refractivity contribution in [3.05, 3.63) is 64.1 Å². The van der Waals surface area contributed by atoms with E-state index in [4.69, 9.17) is 4.74 Å². The minimum Gasteiger partial charge on any atom is -0.483 e. The van der Waals surface area contributed by atoms with Gasteiger partial charge in [0.15, 0.2) is 11.4 Å². The van der Waals surface area contributed by atoms with Crippen molar-refractivity contribution in [1.82, 2.24) is 14.8 Å². The Labute approximate surface area is 139 Å². The Morgan fingerprint density at radius 1 is 1.17 bits per heavy atom. The minimum atomic E-state index is -0.256. The topological polar surface area (TPSA) is 63.6 Å². The predicted octanol–water partition coefficient (Wildman–Crippen LogP) is 1.20. The van der Waals surface area contributed by atoms with Gasteiger partial charge in [-0.15, -0.1) is 0 Å². The van der Waals surface area contributed by atoms with Gasteiger partial charge in [-0.25, -0.2) is 0 Å². The number of benzene rings is 1. The van der Waals surface area contributed by atoms with Gasteiger partial charge in [-0.1, -0.05) is 30.3 Å². The van der Waals surface area contributed by atoms with Gasteiger partial charge in [0, 0.05) is 18.8 Å². The Kier molecular flexibility index (Phi) is 3.82. The molecule has 1 saturated heterocycles. The summed E-state index contributed by atoms with van der Waals surface area (Å²) in [6.45, 7) is 2.50. The normalized spacial score (nSPS) is 19.6. The van der Waals surface area contributed by atoms with Gasteiger partial charge < -0.3 is 14.2 Å². The van der Waals surface area contributed by atoms with Gasteiger partial charge in [0.1, 0.15) is 12.8 Å². The first-order chi connectivity index (χ1) is 11.7. The second-order valence-corrected chi connectivity index (χ2v) is 6.11. The van der Waals surface area contributed by atoms with Crippen molar-refractivity contribution in [1.29, 1.82) is 0 Å². The van der Waals surface area contributed by atoms with E-state index in [1.54, 1.807) is 11.1 Å². The van der Waals surface area contributed by atoms with Gasteiger partial charge >= 0.3 is 0 Å². The van der Waals surface area contributed by atoms with Gasteiger partial charge in [-0.3, -0.25) is 14.9 Å². The average Bonchev–Trinajstić information content (AvgIpc) is 2.62. The second kappa shape index (κ2) is 6.13. The largest absolute Gasteiger partial charge is 0.483 e. The molecule has 2 aliphatic rings. The van der Waals surface area contributed by atoms with Gasteiger partial charge in [0.2, 0.25) is 5.43 Å². The molecule has 0 spiro atoms. The van der Waals surface area contributed by atoms with Crippen LogP contribution in [0.5, 0.6) is 5.75 Å². The summed E-state index contributed by atoms with van der Waals surface area (Å²) >= 11 is 0. The van der Waals surface area contributed by atoms with Gasteiger partial charge in [-0.05, 0) is 18.5 Å². The van der Waals surface area contributed by atoms with E-state index in [0.29, 0.717) is 18.8 Å².